The molecule has 7 nitrogen and oxygen atoms in total. The van der Waals surface area contributed by atoms with E-state index >= 15 is 0 Å². The third kappa shape index (κ3) is 5.55. The number of sulfonamides is 1. The third-order valence-electron chi connectivity index (χ3n) is 5.21. The van der Waals surface area contributed by atoms with Gasteiger partial charge in [-0.3, -0.25) is 4.79 Å². The van der Waals surface area contributed by atoms with E-state index in [4.69, 9.17) is 4.74 Å². The molecule has 0 spiro atoms. The van der Waals surface area contributed by atoms with Crippen LogP contribution in [0.1, 0.15) is 6.42 Å². The van der Waals surface area contributed by atoms with Crippen LogP contribution in [0.2, 0.25) is 0 Å². The van der Waals surface area contributed by atoms with Crippen molar-refractivity contribution in [3.05, 3.63) is 72.1 Å². The summed E-state index contributed by atoms with van der Waals surface area (Å²) in [6, 6.07) is 20.1. The Morgan fingerprint density at radius 2 is 1.66 bits per heavy atom. The predicted octanol–water partition coefficient (Wildman–Crippen LogP) is 3.88. The second kappa shape index (κ2) is 10.3. The average Bonchev–Trinajstić information content (AvgIpc) is 3.36. The minimum atomic E-state index is -3.41. The average molecular weight is 472 g/mol. The molecule has 1 aliphatic heterocycles. The van der Waals surface area contributed by atoms with Crippen LogP contribution in [0.3, 0.4) is 0 Å². The van der Waals surface area contributed by atoms with Gasteiger partial charge in [-0.05, 0) is 35.7 Å². The van der Waals surface area contributed by atoms with Crippen molar-refractivity contribution < 1.29 is 17.9 Å². The van der Waals surface area contributed by atoms with Gasteiger partial charge in [-0.2, -0.15) is 4.31 Å². The molecule has 0 aliphatic carbocycles. The molecular formula is C23H25N3O4S2. The Bertz CT molecular complexity index is 1130. The summed E-state index contributed by atoms with van der Waals surface area (Å²) in [5, 5.41) is 4.70. The Morgan fingerprint density at radius 3 is 2.38 bits per heavy atom. The van der Waals surface area contributed by atoms with E-state index in [1.165, 1.54) is 15.6 Å². The van der Waals surface area contributed by atoms with E-state index in [1.54, 1.807) is 17.5 Å². The molecule has 0 unspecified atom stereocenters. The number of ether oxygens (including phenoxy) is 1. The monoisotopic (exact) mass is 471 g/mol. The number of anilines is 1. The van der Waals surface area contributed by atoms with E-state index < -0.39 is 10.0 Å². The van der Waals surface area contributed by atoms with Crippen LogP contribution in [0.15, 0.2) is 76.3 Å². The second-order valence-corrected chi connectivity index (χ2v) is 10.5. The van der Waals surface area contributed by atoms with E-state index in [0.29, 0.717) is 60.5 Å². The third-order valence-corrected chi connectivity index (χ3v) is 8.48. The number of carbonyl (C=O) groups excluding carboxylic acids is 1. The number of piperazine rings is 1. The van der Waals surface area contributed by atoms with Gasteiger partial charge in [0.2, 0.25) is 5.91 Å². The smallest absolute Gasteiger partial charge is 0.252 e. The number of para-hydroxylation sites is 3. The molecule has 1 amide bonds. The summed E-state index contributed by atoms with van der Waals surface area (Å²) in [7, 11) is -3.41. The zero-order chi connectivity index (χ0) is 22.4. The Balaban J connectivity index is 1.27. The molecule has 0 saturated carbocycles. The van der Waals surface area contributed by atoms with Crippen LogP contribution in [-0.4, -0.2) is 56.3 Å². The number of nitrogens with one attached hydrogen (secondary N) is 1. The first-order chi connectivity index (χ1) is 15.5. The molecule has 32 heavy (non-hydrogen) atoms. The van der Waals surface area contributed by atoms with Crippen molar-refractivity contribution in [3.63, 3.8) is 0 Å². The van der Waals surface area contributed by atoms with Gasteiger partial charge in [0.05, 0.1) is 5.69 Å². The van der Waals surface area contributed by atoms with E-state index in [-0.39, 0.29) is 5.91 Å². The summed E-state index contributed by atoms with van der Waals surface area (Å²) in [6.45, 7) is 2.63. The molecule has 2 heterocycles. The number of benzene rings is 2. The highest BCUT2D eigenvalue weighted by molar-refractivity contribution is 7.91. The summed E-state index contributed by atoms with van der Waals surface area (Å²) >= 11 is 1.23. The maximum atomic E-state index is 12.6. The molecule has 1 saturated heterocycles. The highest BCUT2D eigenvalue weighted by atomic mass is 32.2. The molecule has 1 fully saturated rings. The quantitative estimate of drug-likeness (QED) is 0.540. The van der Waals surface area contributed by atoms with E-state index in [1.807, 2.05) is 54.6 Å². The Kier molecular flexibility index (Phi) is 7.21. The van der Waals surface area contributed by atoms with Crippen LogP contribution < -0.4 is 10.1 Å². The largest absolute Gasteiger partial charge is 0.455 e. The Morgan fingerprint density at radius 1 is 0.938 bits per heavy atom. The van der Waals surface area contributed by atoms with Gasteiger partial charge in [0.15, 0.2) is 5.75 Å². The number of hydrogen-bond acceptors (Lipinski definition) is 6. The lowest BCUT2D eigenvalue weighted by Crippen LogP contribution is -2.48. The van der Waals surface area contributed by atoms with Gasteiger partial charge < -0.3 is 15.0 Å². The van der Waals surface area contributed by atoms with E-state index in [0.717, 1.165) is 0 Å². The molecule has 1 N–H and O–H groups in total. The lowest BCUT2D eigenvalue weighted by molar-refractivity contribution is -0.116. The summed E-state index contributed by atoms with van der Waals surface area (Å²) in [5.74, 6) is 1.17. The van der Waals surface area contributed by atoms with E-state index in [2.05, 4.69) is 10.2 Å². The van der Waals surface area contributed by atoms with Gasteiger partial charge in [-0.1, -0.05) is 36.4 Å². The highest BCUT2D eigenvalue weighted by Crippen LogP contribution is 2.29. The van der Waals surface area contributed by atoms with Crippen molar-refractivity contribution in [2.75, 3.05) is 38.0 Å². The number of nitrogens with zero attached hydrogens (tertiary/aromatic N) is 2. The molecule has 1 aromatic heterocycles. The van der Waals surface area contributed by atoms with Crippen molar-refractivity contribution in [1.29, 1.82) is 0 Å². The summed E-state index contributed by atoms with van der Waals surface area (Å²) in [4.78, 5) is 14.7. The molecule has 0 radical (unpaired) electrons. The standard InChI is InChI=1S/C23H25N3O4S2/c27-22(24-20-9-4-5-10-21(20)30-19-7-2-1-3-8-19)12-13-25-14-16-26(17-15-25)32(28,29)23-11-6-18-31-23/h1-11,18H,12-17H2,(H,24,27). The van der Waals surface area contributed by atoms with Gasteiger partial charge in [-0.25, -0.2) is 8.42 Å². The van der Waals surface area contributed by atoms with Crippen molar-refractivity contribution in [3.8, 4) is 11.5 Å². The maximum Gasteiger partial charge on any atom is 0.252 e. The molecule has 168 valence electrons. The van der Waals surface area contributed by atoms with Crippen molar-refractivity contribution in [1.82, 2.24) is 9.21 Å². The normalized spacial score (nSPS) is 15.4. The molecule has 3 aromatic rings. The highest BCUT2D eigenvalue weighted by Gasteiger charge is 2.29. The molecule has 9 heteroatoms. The second-order valence-electron chi connectivity index (χ2n) is 7.39. The minimum absolute atomic E-state index is 0.109. The Labute approximate surface area is 192 Å². The molecule has 1 aliphatic rings. The number of thiophene rings is 1. The fraction of sp³-hybridized carbons (Fsp3) is 0.261. The molecule has 0 atom stereocenters. The fourth-order valence-corrected chi connectivity index (χ4v) is 6.04. The van der Waals surface area contributed by atoms with Crippen molar-refractivity contribution >= 4 is 33.0 Å². The van der Waals surface area contributed by atoms with Gasteiger partial charge in [0.25, 0.3) is 10.0 Å². The van der Waals surface area contributed by atoms with Crippen LogP contribution in [0, 0.1) is 0 Å². The number of hydrogen-bond donors (Lipinski definition) is 1. The molecular weight excluding hydrogens is 446 g/mol. The van der Waals surface area contributed by atoms with Crippen LogP contribution in [0.25, 0.3) is 0 Å². The topological polar surface area (TPSA) is 79.0 Å². The van der Waals surface area contributed by atoms with E-state index in [9.17, 15) is 13.2 Å². The van der Waals surface area contributed by atoms with Crippen molar-refractivity contribution in [2.24, 2.45) is 0 Å². The van der Waals surface area contributed by atoms with Crippen LogP contribution >= 0.6 is 11.3 Å². The fourth-order valence-electron chi connectivity index (χ4n) is 3.48. The lowest BCUT2D eigenvalue weighted by atomic mass is 10.2. The first kappa shape index (κ1) is 22.5. The number of carbonyl (C=O) groups is 1. The van der Waals surface area contributed by atoms with Gasteiger partial charge in [0, 0.05) is 39.1 Å². The number of rotatable bonds is 8. The number of amides is 1. The van der Waals surface area contributed by atoms with Gasteiger partial charge in [-0.15, -0.1) is 11.3 Å². The minimum Gasteiger partial charge on any atom is -0.455 e. The molecule has 2 aromatic carbocycles. The summed E-state index contributed by atoms with van der Waals surface area (Å²) in [6.07, 6.45) is 0.317. The zero-order valence-corrected chi connectivity index (χ0v) is 19.1. The lowest BCUT2D eigenvalue weighted by Gasteiger charge is -2.33. The van der Waals surface area contributed by atoms with Crippen LogP contribution in [-0.2, 0) is 14.8 Å². The Hall–Kier alpha value is -2.72. The maximum absolute atomic E-state index is 12.6. The van der Waals surface area contributed by atoms with Crippen molar-refractivity contribution in [2.45, 2.75) is 10.6 Å². The summed E-state index contributed by atoms with van der Waals surface area (Å²) in [5.41, 5.74) is 0.619. The first-order valence-electron chi connectivity index (χ1n) is 10.4. The first-order valence-corrected chi connectivity index (χ1v) is 12.7. The SMILES string of the molecule is O=C(CCN1CCN(S(=O)(=O)c2cccs2)CC1)Nc1ccccc1Oc1ccccc1. The van der Waals surface area contributed by atoms with Crippen LogP contribution in [0.5, 0.6) is 11.5 Å². The predicted molar refractivity (Wildman–Crippen MR) is 126 cm³/mol. The van der Waals surface area contributed by atoms with Gasteiger partial charge in [0.1, 0.15) is 9.96 Å². The molecule has 4 rings (SSSR count). The summed E-state index contributed by atoms with van der Waals surface area (Å²) < 4.78 is 33.0. The molecule has 0 bridgehead atoms. The van der Waals surface area contributed by atoms with Gasteiger partial charge >= 0.3 is 0 Å². The zero-order valence-electron chi connectivity index (χ0n) is 17.5. The van der Waals surface area contributed by atoms with Crippen LogP contribution in [0.4, 0.5) is 5.69 Å².